The van der Waals surface area contributed by atoms with Gasteiger partial charge in [-0.3, -0.25) is 9.59 Å². The van der Waals surface area contributed by atoms with Crippen molar-refractivity contribution >= 4 is 46.9 Å². The van der Waals surface area contributed by atoms with E-state index in [4.69, 9.17) is 27.9 Å². The molecule has 0 bridgehead atoms. The van der Waals surface area contributed by atoms with Crippen molar-refractivity contribution in [3.05, 3.63) is 58.1 Å². The van der Waals surface area contributed by atoms with Crippen molar-refractivity contribution in [1.29, 1.82) is 0 Å². The molecular formula is C16H13Cl2N3O3. The highest BCUT2D eigenvalue weighted by atomic mass is 35.5. The van der Waals surface area contributed by atoms with Crippen molar-refractivity contribution in [2.24, 2.45) is 5.10 Å². The van der Waals surface area contributed by atoms with Crippen LogP contribution < -0.4 is 15.5 Å². The van der Waals surface area contributed by atoms with Gasteiger partial charge in [-0.1, -0.05) is 35.3 Å². The third kappa shape index (κ3) is 4.71. The van der Waals surface area contributed by atoms with Gasteiger partial charge >= 0.3 is 11.8 Å². The summed E-state index contributed by atoms with van der Waals surface area (Å²) in [4.78, 5) is 23.5. The largest absolute Gasteiger partial charge is 0.496 e. The number of carbonyl (C=O) groups excluding carboxylic acids is 2. The Morgan fingerprint density at radius 2 is 1.83 bits per heavy atom. The van der Waals surface area contributed by atoms with Crippen molar-refractivity contribution in [3.8, 4) is 5.75 Å². The second-order valence-electron chi connectivity index (χ2n) is 4.52. The Kier molecular flexibility index (Phi) is 6.17. The zero-order valence-electron chi connectivity index (χ0n) is 12.5. The average Bonchev–Trinajstić information content (AvgIpc) is 2.58. The summed E-state index contributed by atoms with van der Waals surface area (Å²) in [6, 6.07) is 11.6. The van der Waals surface area contributed by atoms with Gasteiger partial charge in [-0.15, -0.1) is 0 Å². The molecule has 6 nitrogen and oxygen atoms in total. The van der Waals surface area contributed by atoms with Gasteiger partial charge in [0.2, 0.25) is 0 Å². The highest BCUT2D eigenvalue weighted by Gasteiger charge is 2.13. The summed E-state index contributed by atoms with van der Waals surface area (Å²) in [7, 11) is 1.52. The minimum Gasteiger partial charge on any atom is -0.496 e. The lowest BCUT2D eigenvalue weighted by Gasteiger charge is -2.05. The first kappa shape index (κ1) is 17.8. The van der Waals surface area contributed by atoms with E-state index in [9.17, 15) is 9.59 Å². The van der Waals surface area contributed by atoms with E-state index < -0.39 is 11.8 Å². The standard InChI is InChI=1S/C16H13Cl2N3O3/c1-24-14-5-3-2-4-10(14)9-19-21-16(23)15(22)20-11-6-7-12(17)13(18)8-11/h2-9H,1H3,(H,20,22)(H,21,23)/b19-9-. The van der Waals surface area contributed by atoms with Gasteiger partial charge in [0.05, 0.1) is 23.4 Å². The summed E-state index contributed by atoms with van der Waals surface area (Å²) in [6.07, 6.45) is 1.38. The number of para-hydroxylation sites is 1. The second-order valence-corrected chi connectivity index (χ2v) is 5.34. The van der Waals surface area contributed by atoms with Crippen LogP contribution in [-0.4, -0.2) is 25.1 Å². The van der Waals surface area contributed by atoms with E-state index in [0.717, 1.165) is 0 Å². The number of benzene rings is 2. The minimum atomic E-state index is -0.924. The van der Waals surface area contributed by atoms with Crippen molar-refractivity contribution in [2.75, 3.05) is 12.4 Å². The van der Waals surface area contributed by atoms with Gasteiger partial charge in [0.1, 0.15) is 5.75 Å². The summed E-state index contributed by atoms with van der Waals surface area (Å²) in [5, 5.41) is 6.74. The van der Waals surface area contributed by atoms with E-state index in [2.05, 4.69) is 15.8 Å². The number of hydrogen-bond acceptors (Lipinski definition) is 4. The van der Waals surface area contributed by atoms with E-state index in [1.54, 1.807) is 24.3 Å². The number of amides is 2. The molecule has 24 heavy (non-hydrogen) atoms. The molecule has 2 rings (SSSR count). The van der Waals surface area contributed by atoms with Crippen LogP contribution in [0.1, 0.15) is 5.56 Å². The van der Waals surface area contributed by atoms with Crippen LogP contribution in [0.2, 0.25) is 10.0 Å². The topological polar surface area (TPSA) is 79.8 Å². The Morgan fingerprint density at radius 3 is 2.54 bits per heavy atom. The van der Waals surface area contributed by atoms with Gasteiger partial charge in [0.15, 0.2) is 0 Å². The fraction of sp³-hybridized carbons (Fsp3) is 0.0625. The van der Waals surface area contributed by atoms with E-state index in [1.807, 2.05) is 0 Å². The van der Waals surface area contributed by atoms with Crippen LogP contribution in [0.15, 0.2) is 47.6 Å². The summed E-state index contributed by atoms with van der Waals surface area (Å²) in [5.74, 6) is -1.21. The van der Waals surface area contributed by atoms with Crippen LogP contribution in [-0.2, 0) is 9.59 Å². The first-order valence-electron chi connectivity index (χ1n) is 6.73. The van der Waals surface area contributed by atoms with Crippen LogP contribution in [0.3, 0.4) is 0 Å². The van der Waals surface area contributed by atoms with Gasteiger partial charge in [-0.2, -0.15) is 5.10 Å². The predicted octanol–water partition coefficient (Wildman–Crippen LogP) is 3.09. The van der Waals surface area contributed by atoms with E-state index in [-0.39, 0.29) is 5.02 Å². The number of hydrogen-bond donors (Lipinski definition) is 2. The normalized spacial score (nSPS) is 10.5. The average molecular weight is 366 g/mol. The number of methoxy groups -OCH3 is 1. The molecule has 0 saturated heterocycles. The molecule has 0 spiro atoms. The monoisotopic (exact) mass is 365 g/mol. The number of halogens is 2. The van der Waals surface area contributed by atoms with E-state index in [1.165, 1.54) is 31.5 Å². The maximum absolute atomic E-state index is 11.8. The van der Waals surface area contributed by atoms with Crippen LogP contribution >= 0.6 is 23.2 Å². The minimum absolute atomic E-state index is 0.268. The number of nitrogens with one attached hydrogen (secondary N) is 2. The Labute approximate surface area is 148 Å². The van der Waals surface area contributed by atoms with Crippen LogP contribution in [0.4, 0.5) is 5.69 Å². The Hall–Kier alpha value is -2.57. The highest BCUT2D eigenvalue weighted by Crippen LogP contribution is 2.24. The second kappa shape index (κ2) is 8.33. The molecule has 0 fully saturated rings. The van der Waals surface area contributed by atoms with Crippen molar-refractivity contribution in [1.82, 2.24) is 5.43 Å². The molecule has 2 amide bonds. The van der Waals surface area contributed by atoms with Gasteiger partial charge in [-0.25, -0.2) is 5.43 Å². The zero-order valence-corrected chi connectivity index (χ0v) is 14.1. The first-order valence-corrected chi connectivity index (χ1v) is 7.49. The van der Waals surface area contributed by atoms with Crippen LogP contribution in [0.5, 0.6) is 5.75 Å². The number of nitrogens with zero attached hydrogens (tertiary/aromatic N) is 1. The molecule has 0 unspecified atom stereocenters. The van der Waals surface area contributed by atoms with Crippen LogP contribution in [0.25, 0.3) is 0 Å². The number of carbonyl (C=O) groups is 2. The van der Waals surface area contributed by atoms with Gasteiger partial charge in [0.25, 0.3) is 0 Å². The molecule has 0 radical (unpaired) electrons. The molecule has 8 heteroatoms. The van der Waals surface area contributed by atoms with Crippen molar-refractivity contribution in [2.45, 2.75) is 0 Å². The Bertz CT molecular complexity index is 794. The molecule has 0 saturated carbocycles. The fourth-order valence-corrected chi connectivity index (χ4v) is 2.04. The Balaban J connectivity index is 1.95. The van der Waals surface area contributed by atoms with Gasteiger partial charge < -0.3 is 10.1 Å². The summed E-state index contributed by atoms with van der Waals surface area (Å²) in [5.41, 5.74) is 3.14. The predicted molar refractivity (Wildman–Crippen MR) is 93.8 cm³/mol. The lowest BCUT2D eigenvalue weighted by atomic mass is 10.2. The lowest BCUT2D eigenvalue weighted by molar-refractivity contribution is -0.136. The molecule has 0 aliphatic heterocycles. The smallest absolute Gasteiger partial charge is 0.329 e. The highest BCUT2D eigenvalue weighted by molar-refractivity contribution is 6.42. The van der Waals surface area contributed by atoms with Gasteiger partial charge in [0, 0.05) is 11.3 Å². The zero-order chi connectivity index (χ0) is 17.5. The summed E-state index contributed by atoms with van der Waals surface area (Å²) < 4.78 is 5.14. The maximum Gasteiger partial charge on any atom is 0.329 e. The molecule has 0 aromatic heterocycles. The van der Waals surface area contributed by atoms with Crippen molar-refractivity contribution < 1.29 is 14.3 Å². The van der Waals surface area contributed by atoms with Crippen LogP contribution in [0, 0.1) is 0 Å². The lowest BCUT2D eigenvalue weighted by Crippen LogP contribution is -2.32. The number of hydrazone groups is 1. The fourth-order valence-electron chi connectivity index (χ4n) is 1.75. The van der Waals surface area contributed by atoms with E-state index in [0.29, 0.717) is 22.0 Å². The molecule has 0 atom stereocenters. The van der Waals surface area contributed by atoms with E-state index >= 15 is 0 Å². The first-order chi connectivity index (χ1) is 11.5. The third-order valence-corrected chi connectivity index (χ3v) is 3.63. The summed E-state index contributed by atoms with van der Waals surface area (Å²) in [6.45, 7) is 0. The molecule has 0 aliphatic rings. The molecule has 0 heterocycles. The number of ether oxygens (including phenoxy) is 1. The molecule has 2 N–H and O–H groups in total. The van der Waals surface area contributed by atoms with Crippen molar-refractivity contribution in [3.63, 3.8) is 0 Å². The molecule has 2 aromatic carbocycles. The SMILES string of the molecule is COc1ccccc1/C=N\NC(=O)C(=O)Nc1ccc(Cl)c(Cl)c1. The number of anilines is 1. The van der Waals surface area contributed by atoms with Gasteiger partial charge in [-0.05, 0) is 30.3 Å². The third-order valence-electron chi connectivity index (χ3n) is 2.89. The maximum atomic E-state index is 11.8. The Morgan fingerprint density at radius 1 is 1.08 bits per heavy atom. The summed E-state index contributed by atoms with van der Waals surface area (Å²) >= 11 is 11.6. The molecule has 0 aliphatic carbocycles. The molecule has 2 aromatic rings. The molecular weight excluding hydrogens is 353 g/mol. The molecule has 124 valence electrons. The number of rotatable bonds is 4. The quantitative estimate of drug-likeness (QED) is 0.496.